The molecule has 1 aromatic heterocycles. The van der Waals surface area contributed by atoms with Crippen LogP contribution in [-0.4, -0.2) is 30.3 Å². The van der Waals surface area contributed by atoms with E-state index in [1.807, 2.05) is 6.07 Å². The van der Waals surface area contributed by atoms with Gasteiger partial charge in [-0.15, -0.1) is 0 Å². The zero-order chi connectivity index (χ0) is 13.4. The number of ether oxygens (including phenoxy) is 1. The van der Waals surface area contributed by atoms with E-state index in [1.54, 1.807) is 6.20 Å². The van der Waals surface area contributed by atoms with E-state index in [4.69, 9.17) is 4.74 Å². The number of rotatable bonds is 2. The molecule has 1 aliphatic carbocycles. The summed E-state index contributed by atoms with van der Waals surface area (Å²) in [5.41, 5.74) is 1.41. The molecule has 2 atom stereocenters. The highest BCUT2D eigenvalue weighted by Crippen LogP contribution is 2.38. The Morgan fingerprint density at radius 3 is 2.95 bits per heavy atom. The Hall–Kier alpha value is -1.12. The van der Waals surface area contributed by atoms with E-state index in [0.29, 0.717) is 17.7 Å². The molecular weight excluding hydrogens is 306 g/mol. The molecule has 0 radical (unpaired) electrons. The molecule has 0 unspecified atom stereocenters. The summed E-state index contributed by atoms with van der Waals surface area (Å²) in [4.78, 5) is 6.44. The molecule has 0 N–H and O–H groups in total. The fourth-order valence-corrected chi connectivity index (χ4v) is 2.99. The lowest BCUT2D eigenvalue weighted by atomic mass is 10.1. The van der Waals surface area contributed by atoms with Gasteiger partial charge >= 0.3 is 0 Å². The molecule has 1 saturated heterocycles. The third-order valence-corrected chi connectivity index (χ3v) is 4.15. The first-order valence-electron chi connectivity index (χ1n) is 6.63. The maximum atomic E-state index is 9.21. The Bertz CT molecular complexity index is 524. The summed E-state index contributed by atoms with van der Waals surface area (Å²) in [5.74, 6) is 0.705. The number of anilines is 1. The van der Waals surface area contributed by atoms with E-state index in [2.05, 4.69) is 38.8 Å². The Kier molecular flexibility index (Phi) is 3.46. The van der Waals surface area contributed by atoms with Gasteiger partial charge in [0.1, 0.15) is 6.07 Å². The van der Waals surface area contributed by atoms with Gasteiger partial charge in [0.25, 0.3) is 0 Å². The average molecular weight is 322 g/mol. The zero-order valence-electron chi connectivity index (χ0n) is 10.8. The van der Waals surface area contributed by atoms with Crippen LogP contribution in [0.25, 0.3) is 0 Å². The molecule has 1 aliphatic heterocycles. The Labute approximate surface area is 121 Å². The Morgan fingerprint density at radius 1 is 1.47 bits per heavy atom. The largest absolute Gasteiger partial charge is 0.371 e. The fraction of sp³-hybridized carbons (Fsp3) is 0.571. The standard InChI is InChI=1S/C14H16BrN3O/c1-9-7-18(8-14(19-9)10-2-3-10)13-4-11(15)6-17-12(13)5-16/h4,6,9-10,14H,2-3,7-8H2,1H3/t9-,14-/m1/s1. The Balaban J connectivity index is 1.88. The van der Waals surface area contributed by atoms with Crippen LogP contribution in [0.15, 0.2) is 16.7 Å². The normalized spacial score (nSPS) is 27.1. The van der Waals surface area contributed by atoms with E-state index in [9.17, 15) is 5.26 Å². The number of nitrogens with zero attached hydrogens (tertiary/aromatic N) is 3. The molecular formula is C14H16BrN3O. The number of nitriles is 1. The minimum atomic E-state index is 0.199. The lowest BCUT2D eigenvalue weighted by molar-refractivity contribution is -0.0271. The van der Waals surface area contributed by atoms with Crippen molar-refractivity contribution in [1.29, 1.82) is 5.26 Å². The summed E-state index contributed by atoms with van der Waals surface area (Å²) in [6, 6.07) is 4.16. The molecule has 2 heterocycles. The molecule has 100 valence electrons. The van der Waals surface area contributed by atoms with Crippen molar-refractivity contribution in [3.63, 3.8) is 0 Å². The van der Waals surface area contributed by atoms with E-state index in [-0.39, 0.29) is 6.10 Å². The zero-order valence-corrected chi connectivity index (χ0v) is 12.4. The molecule has 1 aromatic rings. The van der Waals surface area contributed by atoms with Gasteiger partial charge in [0, 0.05) is 23.8 Å². The quantitative estimate of drug-likeness (QED) is 0.840. The summed E-state index contributed by atoms with van der Waals surface area (Å²) in [7, 11) is 0. The van der Waals surface area contributed by atoms with Gasteiger partial charge in [0.05, 0.1) is 17.9 Å². The van der Waals surface area contributed by atoms with Crippen LogP contribution in [0.2, 0.25) is 0 Å². The maximum Gasteiger partial charge on any atom is 0.163 e. The summed E-state index contributed by atoms with van der Waals surface area (Å²) >= 11 is 3.43. The monoisotopic (exact) mass is 321 g/mol. The minimum Gasteiger partial charge on any atom is -0.371 e. The van der Waals surface area contributed by atoms with Crippen LogP contribution < -0.4 is 4.90 Å². The van der Waals surface area contributed by atoms with Crippen LogP contribution in [0, 0.1) is 17.2 Å². The van der Waals surface area contributed by atoms with Crippen LogP contribution in [0.1, 0.15) is 25.5 Å². The van der Waals surface area contributed by atoms with Crippen LogP contribution in [0.3, 0.4) is 0 Å². The topological polar surface area (TPSA) is 49.2 Å². The lowest BCUT2D eigenvalue weighted by Crippen LogP contribution is -2.47. The highest BCUT2D eigenvalue weighted by atomic mass is 79.9. The van der Waals surface area contributed by atoms with Gasteiger partial charge in [-0.1, -0.05) is 0 Å². The number of halogens is 1. The first kappa shape index (κ1) is 12.9. The molecule has 1 saturated carbocycles. The highest BCUT2D eigenvalue weighted by molar-refractivity contribution is 9.10. The predicted molar refractivity (Wildman–Crippen MR) is 75.9 cm³/mol. The Morgan fingerprint density at radius 2 is 2.26 bits per heavy atom. The molecule has 0 aromatic carbocycles. The van der Waals surface area contributed by atoms with E-state index >= 15 is 0 Å². The molecule has 2 fully saturated rings. The summed E-state index contributed by atoms with van der Waals surface area (Å²) in [6.07, 6.45) is 4.71. The molecule has 4 nitrogen and oxygen atoms in total. The van der Waals surface area contributed by atoms with Gasteiger partial charge in [-0.2, -0.15) is 5.26 Å². The van der Waals surface area contributed by atoms with Crippen LogP contribution in [-0.2, 0) is 4.74 Å². The van der Waals surface area contributed by atoms with Gasteiger partial charge in [-0.25, -0.2) is 4.98 Å². The number of pyridine rings is 1. The minimum absolute atomic E-state index is 0.199. The number of aromatic nitrogens is 1. The number of hydrogen-bond donors (Lipinski definition) is 0. The first-order chi connectivity index (χ1) is 9.17. The average Bonchev–Trinajstić information content (AvgIpc) is 3.22. The molecule has 3 rings (SSSR count). The second-order valence-electron chi connectivity index (χ2n) is 5.36. The molecule has 5 heteroatoms. The van der Waals surface area contributed by atoms with Crippen molar-refractivity contribution in [2.75, 3.05) is 18.0 Å². The lowest BCUT2D eigenvalue weighted by Gasteiger charge is -2.38. The second-order valence-corrected chi connectivity index (χ2v) is 6.28. The van der Waals surface area contributed by atoms with Gasteiger partial charge < -0.3 is 9.64 Å². The first-order valence-corrected chi connectivity index (χ1v) is 7.42. The van der Waals surface area contributed by atoms with Crippen molar-refractivity contribution in [3.05, 3.63) is 22.4 Å². The van der Waals surface area contributed by atoms with Crippen LogP contribution >= 0.6 is 15.9 Å². The molecule has 0 spiro atoms. The molecule has 2 aliphatic rings. The second kappa shape index (κ2) is 5.10. The predicted octanol–water partition coefficient (Wildman–Crippen LogP) is 2.72. The summed E-state index contributed by atoms with van der Waals surface area (Å²) in [6.45, 7) is 3.77. The van der Waals surface area contributed by atoms with E-state index in [0.717, 1.165) is 23.2 Å². The van der Waals surface area contributed by atoms with Crippen molar-refractivity contribution in [2.45, 2.75) is 32.0 Å². The van der Waals surface area contributed by atoms with Gasteiger partial charge in [-0.3, -0.25) is 0 Å². The highest BCUT2D eigenvalue weighted by Gasteiger charge is 2.37. The van der Waals surface area contributed by atoms with Crippen molar-refractivity contribution in [3.8, 4) is 6.07 Å². The van der Waals surface area contributed by atoms with Gasteiger partial charge in [0.15, 0.2) is 5.69 Å². The summed E-state index contributed by atoms with van der Waals surface area (Å²) in [5, 5.41) is 9.21. The van der Waals surface area contributed by atoms with Crippen molar-refractivity contribution < 1.29 is 4.74 Å². The molecule has 0 amide bonds. The van der Waals surface area contributed by atoms with E-state index < -0.39 is 0 Å². The summed E-state index contributed by atoms with van der Waals surface area (Å²) < 4.78 is 6.92. The SMILES string of the molecule is C[C@@H]1CN(c2cc(Br)cnc2C#N)C[C@H](C2CC2)O1. The smallest absolute Gasteiger partial charge is 0.163 e. The van der Waals surface area contributed by atoms with Crippen molar-refractivity contribution in [1.82, 2.24) is 4.98 Å². The van der Waals surface area contributed by atoms with Gasteiger partial charge in [-0.05, 0) is 47.7 Å². The third-order valence-electron chi connectivity index (χ3n) is 3.71. The maximum absolute atomic E-state index is 9.21. The van der Waals surface area contributed by atoms with Crippen LogP contribution in [0.5, 0.6) is 0 Å². The van der Waals surface area contributed by atoms with Crippen molar-refractivity contribution >= 4 is 21.6 Å². The van der Waals surface area contributed by atoms with Crippen molar-refractivity contribution in [2.24, 2.45) is 5.92 Å². The van der Waals surface area contributed by atoms with E-state index in [1.165, 1.54) is 12.8 Å². The van der Waals surface area contributed by atoms with Crippen LogP contribution in [0.4, 0.5) is 5.69 Å². The fourth-order valence-electron chi connectivity index (χ4n) is 2.67. The van der Waals surface area contributed by atoms with Gasteiger partial charge in [0.2, 0.25) is 0 Å². The number of morpholine rings is 1. The molecule has 19 heavy (non-hydrogen) atoms. The molecule has 0 bridgehead atoms. The number of hydrogen-bond acceptors (Lipinski definition) is 4. The third kappa shape index (κ3) is 2.75.